The first-order chi connectivity index (χ1) is 4.77. The van der Waals surface area contributed by atoms with E-state index in [-0.39, 0.29) is 6.61 Å². The molecule has 0 fully saturated rings. The van der Waals surface area contributed by atoms with Crippen LogP contribution in [0.3, 0.4) is 0 Å². The molecular formula is C3H9O6PS. The third kappa shape index (κ3) is 6.46. The molecule has 0 radical (unpaired) electrons. The molecule has 0 aliphatic rings. The van der Waals surface area contributed by atoms with Gasteiger partial charge in [0.2, 0.25) is 0 Å². The fraction of sp³-hybridized carbons (Fsp3) is 1.00. The van der Waals surface area contributed by atoms with Gasteiger partial charge in [-0.2, -0.15) is 8.42 Å². The van der Waals surface area contributed by atoms with Crippen LogP contribution in [0.1, 0.15) is 6.92 Å². The Morgan fingerprint density at radius 2 is 2.00 bits per heavy atom. The molecule has 6 nitrogen and oxygen atoms in total. The van der Waals surface area contributed by atoms with E-state index >= 15 is 0 Å². The van der Waals surface area contributed by atoms with E-state index < -0.39 is 23.2 Å². The molecule has 0 bridgehead atoms. The highest BCUT2D eigenvalue weighted by atomic mass is 32.2. The quantitative estimate of drug-likeness (QED) is 0.495. The van der Waals surface area contributed by atoms with Crippen molar-refractivity contribution in [3.8, 4) is 0 Å². The lowest BCUT2D eigenvalue weighted by atomic mass is 10.9. The molecule has 0 aromatic rings. The molecular weight excluding hydrogens is 195 g/mol. The van der Waals surface area contributed by atoms with Crippen molar-refractivity contribution < 1.29 is 27.0 Å². The first-order valence-electron chi connectivity index (χ1n) is 2.68. The Balaban J connectivity index is 4.26. The Hall–Kier alpha value is 0.0600. The molecule has 0 rings (SSSR count). The van der Waals surface area contributed by atoms with Crippen LogP contribution in [0.25, 0.3) is 0 Å². The van der Waals surface area contributed by atoms with Gasteiger partial charge in [0.1, 0.15) is 0 Å². The topological polar surface area (TPSA) is 101 Å². The summed E-state index contributed by atoms with van der Waals surface area (Å²) >= 11 is 0. The maximum atomic E-state index is 10.6. The molecule has 8 heteroatoms. The first kappa shape index (κ1) is 11.1. The summed E-state index contributed by atoms with van der Waals surface area (Å²) in [6.07, 6.45) is 0. The molecule has 1 unspecified atom stereocenters. The molecule has 0 aliphatic carbocycles. The molecule has 0 heterocycles. The monoisotopic (exact) mass is 204 g/mol. The Morgan fingerprint density at radius 3 is 2.27 bits per heavy atom. The minimum Gasteiger partial charge on any atom is -0.324 e. The van der Waals surface area contributed by atoms with Crippen LogP contribution in [0.5, 0.6) is 0 Å². The van der Waals surface area contributed by atoms with Crippen LogP contribution >= 0.6 is 7.60 Å². The Morgan fingerprint density at radius 1 is 1.55 bits per heavy atom. The van der Waals surface area contributed by atoms with E-state index in [0.717, 1.165) is 0 Å². The van der Waals surface area contributed by atoms with Crippen molar-refractivity contribution in [3.05, 3.63) is 0 Å². The standard InChI is InChI=1S/C3H9O6PS/c1-2-9-10(4,5)3-11(6,7)8/h2-3H2,1H3,(H,4,5)(H,6,7,8). The lowest BCUT2D eigenvalue weighted by Gasteiger charge is -2.07. The van der Waals surface area contributed by atoms with Crippen molar-refractivity contribution in [3.63, 3.8) is 0 Å². The fourth-order valence-electron chi connectivity index (χ4n) is 0.445. The first-order valence-corrected chi connectivity index (χ1v) is 6.05. The van der Waals surface area contributed by atoms with Crippen LogP contribution < -0.4 is 0 Å². The minimum atomic E-state index is -4.44. The molecule has 1 atom stereocenters. The van der Waals surface area contributed by atoms with Crippen LogP contribution in [0.2, 0.25) is 0 Å². The van der Waals surface area contributed by atoms with Gasteiger partial charge in [0.05, 0.1) is 6.61 Å². The minimum absolute atomic E-state index is 0.0801. The van der Waals surface area contributed by atoms with Crippen molar-refractivity contribution in [2.45, 2.75) is 6.92 Å². The zero-order valence-electron chi connectivity index (χ0n) is 5.80. The SMILES string of the molecule is CCOP(=O)(O)CS(=O)(=O)O. The average Bonchev–Trinajstić information content (AvgIpc) is 1.55. The van der Waals surface area contributed by atoms with E-state index in [1.165, 1.54) is 6.92 Å². The van der Waals surface area contributed by atoms with Gasteiger partial charge in [-0.3, -0.25) is 9.12 Å². The summed E-state index contributed by atoms with van der Waals surface area (Å²) in [6.45, 7) is 1.36. The van der Waals surface area contributed by atoms with Gasteiger partial charge < -0.3 is 9.42 Å². The highest BCUT2D eigenvalue weighted by Gasteiger charge is 2.26. The van der Waals surface area contributed by atoms with Crippen LogP contribution in [0.4, 0.5) is 0 Å². The van der Waals surface area contributed by atoms with Gasteiger partial charge in [-0.15, -0.1) is 0 Å². The van der Waals surface area contributed by atoms with Crippen molar-refractivity contribution in [1.29, 1.82) is 0 Å². The van der Waals surface area contributed by atoms with Crippen LogP contribution in [-0.2, 0) is 19.2 Å². The summed E-state index contributed by atoms with van der Waals surface area (Å²) < 4.78 is 43.1. The summed E-state index contributed by atoms with van der Waals surface area (Å²) in [5, 5.41) is 0. The van der Waals surface area contributed by atoms with E-state index in [0.29, 0.717) is 0 Å². The van der Waals surface area contributed by atoms with Gasteiger partial charge in [0.15, 0.2) is 5.49 Å². The summed E-state index contributed by atoms with van der Waals surface area (Å²) in [7, 11) is -8.59. The van der Waals surface area contributed by atoms with Gasteiger partial charge in [-0.05, 0) is 6.92 Å². The molecule has 11 heavy (non-hydrogen) atoms. The third-order valence-corrected chi connectivity index (χ3v) is 3.93. The average molecular weight is 204 g/mol. The highest BCUT2D eigenvalue weighted by molar-refractivity contribution is 7.92. The number of rotatable bonds is 4. The molecule has 0 saturated heterocycles. The second-order valence-electron chi connectivity index (χ2n) is 1.77. The summed E-state index contributed by atoms with van der Waals surface area (Å²) in [4.78, 5) is 8.64. The molecule has 0 saturated carbocycles. The van der Waals surface area contributed by atoms with Gasteiger partial charge in [0, 0.05) is 0 Å². The molecule has 0 aromatic heterocycles. The van der Waals surface area contributed by atoms with Crippen LogP contribution in [-0.4, -0.2) is 30.0 Å². The predicted molar refractivity (Wildman–Crippen MR) is 37.9 cm³/mol. The van der Waals surface area contributed by atoms with Crippen LogP contribution in [0.15, 0.2) is 0 Å². The van der Waals surface area contributed by atoms with Gasteiger partial charge in [-0.25, -0.2) is 0 Å². The fourth-order valence-corrected chi connectivity index (χ4v) is 2.80. The normalized spacial score (nSPS) is 17.7. The third-order valence-electron chi connectivity index (χ3n) is 0.657. The molecule has 0 spiro atoms. The largest absolute Gasteiger partial charge is 0.345 e. The highest BCUT2D eigenvalue weighted by Crippen LogP contribution is 2.42. The van der Waals surface area contributed by atoms with Crippen molar-refractivity contribution in [2.75, 3.05) is 12.1 Å². The van der Waals surface area contributed by atoms with E-state index in [9.17, 15) is 13.0 Å². The van der Waals surface area contributed by atoms with Crippen molar-refractivity contribution in [1.82, 2.24) is 0 Å². The lowest BCUT2D eigenvalue weighted by Crippen LogP contribution is -2.06. The summed E-state index contributed by atoms with van der Waals surface area (Å²) in [5.41, 5.74) is -1.26. The zero-order valence-corrected chi connectivity index (χ0v) is 7.51. The van der Waals surface area contributed by atoms with Crippen molar-refractivity contribution in [2.24, 2.45) is 0 Å². The van der Waals surface area contributed by atoms with E-state index in [1.54, 1.807) is 0 Å². The van der Waals surface area contributed by atoms with Gasteiger partial charge in [-0.1, -0.05) is 0 Å². The van der Waals surface area contributed by atoms with Crippen LogP contribution in [0, 0.1) is 0 Å². The predicted octanol–water partition coefficient (Wildman–Crippen LogP) is 0.0536. The smallest absolute Gasteiger partial charge is 0.324 e. The summed E-state index contributed by atoms with van der Waals surface area (Å²) in [6, 6.07) is 0. The Kier molecular flexibility index (Phi) is 3.66. The molecule has 0 amide bonds. The molecule has 68 valence electrons. The number of hydrogen-bond acceptors (Lipinski definition) is 4. The molecule has 0 aliphatic heterocycles. The lowest BCUT2D eigenvalue weighted by molar-refractivity contribution is 0.277. The zero-order chi connectivity index (χ0) is 9.12. The van der Waals surface area contributed by atoms with Crippen molar-refractivity contribution >= 4 is 17.7 Å². The maximum Gasteiger partial charge on any atom is 0.345 e. The van der Waals surface area contributed by atoms with E-state index in [2.05, 4.69) is 4.52 Å². The second-order valence-corrected chi connectivity index (χ2v) is 5.50. The Bertz CT molecular complexity index is 255. The number of hydrogen-bond donors (Lipinski definition) is 2. The summed E-state index contributed by atoms with van der Waals surface area (Å²) in [5.74, 6) is 0. The van der Waals surface area contributed by atoms with Gasteiger partial charge in [0.25, 0.3) is 10.1 Å². The Labute approximate surface area is 64.5 Å². The van der Waals surface area contributed by atoms with Gasteiger partial charge >= 0.3 is 7.60 Å². The van der Waals surface area contributed by atoms with E-state index in [4.69, 9.17) is 9.45 Å². The van der Waals surface area contributed by atoms with E-state index in [1.807, 2.05) is 0 Å². The molecule has 0 aromatic carbocycles. The second kappa shape index (κ2) is 3.64. The maximum absolute atomic E-state index is 10.6. The molecule has 2 N–H and O–H groups in total.